The number of alkyl carbamates (subject to hydrolysis) is 1. The van der Waals surface area contributed by atoms with Crippen LogP contribution < -0.4 is 10.6 Å². The topological polar surface area (TPSA) is 50.4 Å². The van der Waals surface area contributed by atoms with Gasteiger partial charge in [-0.15, -0.1) is 0 Å². The fraction of sp³-hybridized carbons (Fsp3) is 0.533. The summed E-state index contributed by atoms with van der Waals surface area (Å²) in [5, 5.41) is 6.54. The van der Waals surface area contributed by atoms with Gasteiger partial charge in [0.2, 0.25) is 0 Å². The van der Waals surface area contributed by atoms with Crippen LogP contribution in [0.15, 0.2) is 30.3 Å². The van der Waals surface area contributed by atoms with Crippen LogP contribution in [0, 0.1) is 0 Å². The molecule has 2 aliphatic rings. The maximum Gasteiger partial charge on any atom is 0.407 e. The van der Waals surface area contributed by atoms with Gasteiger partial charge in [0.25, 0.3) is 0 Å². The van der Waals surface area contributed by atoms with E-state index in [0.29, 0.717) is 18.7 Å². The summed E-state index contributed by atoms with van der Waals surface area (Å²) in [5.74, 6) is 0. The Balaban J connectivity index is 1.46. The lowest BCUT2D eigenvalue weighted by atomic mass is 10.0. The molecule has 19 heavy (non-hydrogen) atoms. The summed E-state index contributed by atoms with van der Waals surface area (Å²) in [6.07, 6.45) is 4.31. The van der Waals surface area contributed by atoms with Gasteiger partial charge < -0.3 is 15.4 Å². The average Bonchev–Trinajstić information content (AvgIpc) is 2.84. The minimum atomic E-state index is -0.305. The normalized spacial score (nSPS) is 28.9. The van der Waals surface area contributed by atoms with E-state index in [1.807, 2.05) is 30.3 Å². The van der Waals surface area contributed by atoms with E-state index >= 15 is 0 Å². The predicted octanol–water partition coefficient (Wildman–Crippen LogP) is 2.20. The lowest BCUT2D eigenvalue weighted by molar-refractivity contribution is 0.130. The molecule has 2 saturated heterocycles. The van der Waals surface area contributed by atoms with Gasteiger partial charge >= 0.3 is 6.09 Å². The van der Waals surface area contributed by atoms with E-state index in [0.717, 1.165) is 24.8 Å². The maximum absolute atomic E-state index is 11.8. The summed E-state index contributed by atoms with van der Waals surface area (Å²) in [7, 11) is 0. The van der Waals surface area contributed by atoms with E-state index in [9.17, 15) is 4.79 Å². The van der Waals surface area contributed by atoms with Crippen LogP contribution in [0.25, 0.3) is 0 Å². The zero-order valence-corrected chi connectivity index (χ0v) is 11.0. The van der Waals surface area contributed by atoms with Crippen LogP contribution in [0.3, 0.4) is 0 Å². The Bertz CT molecular complexity index is 435. The highest BCUT2D eigenvalue weighted by Crippen LogP contribution is 2.26. The molecule has 0 unspecified atom stereocenters. The van der Waals surface area contributed by atoms with Crippen molar-refractivity contribution in [2.45, 2.75) is 50.4 Å². The monoisotopic (exact) mass is 260 g/mol. The Morgan fingerprint density at radius 3 is 2.84 bits per heavy atom. The molecular weight excluding hydrogens is 240 g/mol. The minimum absolute atomic E-state index is 0.224. The molecule has 1 aromatic carbocycles. The number of rotatable bonds is 3. The predicted molar refractivity (Wildman–Crippen MR) is 72.7 cm³/mol. The Labute approximate surface area is 113 Å². The molecule has 102 valence electrons. The number of hydrogen-bond acceptors (Lipinski definition) is 3. The van der Waals surface area contributed by atoms with Gasteiger partial charge in [-0.25, -0.2) is 4.79 Å². The Hall–Kier alpha value is -1.55. The molecule has 1 amide bonds. The molecule has 2 heterocycles. The highest BCUT2D eigenvalue weighted by molar-refractivity contribution is 5.67. The summed E-state index contributed by atoms with van der Waals surface area (Å²) in [4.78, 5) is 11.8. The Kier molecular flexibility index (Phi) is 3.69. The van der Waals surface area contributed by atoms with Crippen LogP contribution in [0.5, 0.6) is 0 Å². The van der Waals surface area contributed by atoms with Crippen LogP contribution in [0.4, 0.5) is 4.79 Å². The summed E-state index contributed by atoms with van der Waals surface area (Å²) in [6.45, 7) is 0.333. The first-order valence-corrected chi connectivity index (χ1v) is 7.04. The number of hydrogen-bond donors (Lipinski definition) is 2. The fourth-order valence-electron chi connectivity index (χ4n) is 3.07. The molecule has 3 rings (SSSR count). The number of carbonyl (C=O) groups is 1. The molecule has 0 saturated carbocycles. The summed E-state index contributed by atoms with van der Waals surface area (Å²) in [6, 6.07) is 11.1. The van der Waals surface area contributed by atoms with Gasteiger partial charge in [-0.2, -0.15) is 0 Å². The van der Waals surface area contributed by atoms with Gasteiger partial charge in [0.1, 0.15) is 6.61 Å². The van der Waals surface area contributed by atoms with Gasteiger partial charge in [-0.05, 0) is 31.2 Å². The van der Waals surface area contributed by atoms with E-state index in [-0.39, 0.29) is 12.1 Å². The molecule has 1 aromatic rings. The molecule has 2 N–H and O–H groups in total. The molecule has 4 heteroatoms. The van der Waals surface area contributed by atoms with Crippen LogP contribution in [0.1, 0.15) is 31.2 Å². The van der Waals surface area contributed by atoms with Crippen LogP contribution in [0.2, 0.25) is 0 Å². The zero-order chi connectivity index (χ0) is 13.1. The third kappa shape index (κ3) is 3.07. The summed E-state index contributed by atoms with van der Waals surface area (Å²) < 4.78 is 5.26. The molecule has 3 atom stereocenters. The third-order valence-corrected chi connectivity index (χ3v) is 4.10. The number of carbonyl (C=O) groups excluding carboxylic acids is 1. The van der Waals surface area contributed by atoms with Gasteiger partial charge in [0.15, 0.2) is 0 Å². The highest BCUT2D eigenvalue weighted by atomic mass is 16.5. The maximum atomic E-state index is 11.8. The first-order valence-electron chi connectivity index (χ1n) is 7.04. The molecule has 2 aliphatic heterocycles. The lowest BCUT2D eigenvalue weighted by Gasteiger charge is -2.30. The van der Waals surface area contributed by atoms with E-state index in [4.69, 9.17) is 4.74 Å². The van der Waals surface area contributed by atoms with Crippen molar-refractivity contribution in [2.75, 3.05) is 0 Å². The first-order chi connectivity index (χ1) is 9.31. The first kappa shape index (κ1) is 12.5. The lowest BCUT2D eigenvalue weighted by Crippen LogP contribution is -2.52. The van der Waals surface area contributed by atoms with Crippen molar-refractivity contribution in [3.63, 3.8) is 0 Å². The van der Waals surface area contributed by atoms with Crippen LogP contribution in [-0.4, -0.2) is 24.2 Å². The van der Waals surface area contributed by atoms with Crippen molar-refractivity contribution in [1.82, 2.24) is 10.6 Å². The van der Waals surface area contributed by atoms with Crippen molar-refractivity contribution in [3.05, 3.63) is 35.9 Å². The molecule has 2 bridgehead atoms. The second-order valence-corrected chi connectivity index (χ2v) is 5.44. The van der Waals surface area contributed by atoms with Gasteiger partial charge in [-0.1, -0.05) is 30.3 Å². The summed E-state index contributed by atoms with van der Waals surface area (Å²) in [5.41, 5.74) is 1.01. The molecule has 4 nitrogen and oxygen atoms in total. The van der Waals surface area contributed by atoms with E-state index in [1.54, 1.807) is 0 Å². The molecular formula is C15H20N2O2. The molecule has 0 aromatic heterocycles. The Morgan fingerprint density at radius 2 is 2.00 bits per heavy atom. The number of benzene rings is 1. The molecule has 2 fully saturated rings. The zero-order valence-electron chi connectivity index (χ0n) is 11.0. The van der Waals surface area contributed by atoms with Gasteiger partial charge in [-0.3, -0.25) is 0 Å². The van der Waals surface area contributed by atoms with Gasteiger partial charge in [0.05, 0.1) is 0 Å². The third-order valence-electron chi connectivity index (χ3n) is 4.10. The van der Waals surface area contributed by atoms with Crippen LogP contribution >= 0.6 is 0 Å². The van der Waals surface area contributed by atoms with E-state index in [2.05, 4.69) is 10.6 Å². The van der Waals surface area contributed by atoms with E-state index in [1.165, 1.54) is 6.42 Å². The second kappa shape index (κ2) is 5.61. The minimum Gasteiger partial charge on any atom is -0.445 e. The van der Waals surface area contributed by atoms with Gasteiger partial charge in [0, 0.05) is 18.1 Å². The molecule has 0 radical (unpaired) electrons. The Morgan fingerprint density at radius 1 is 1.21 bits per heavy atom. The van der Waals surface area contributed by atoms with Crippen molar-refractivity contribution in [3.8, 4) is 0 Å². The number of amides is 1. The fourth-order valence-corrected chi connectivity index (χ4v) is 3.07. The average molecular weight is 260 g/mol. The highest BCUT2D eigenvalue weighted by Gasteiger charge is 2.35. The largest absolute Gasteiger partial charge is 0.445 e. The molecule has 0 spiro atoms. The smallest absolute Gasteiger partial charge is 0.407 e. The molecule has 0 aliphatic carbocycles. The number of ether oxygens (including phenoxy) is 1. The number of piperidine rings is 1. The van der Waals surface area contributed by atoms with Crippen molar-refractivity contribution in [1.29, 1.82) is 0 Å². The van der Waals surface area contributed by atoms with Crippen molar-refractivity contribution >= 4 is 6.09 Å². The van der Waals surface area contributed by atoms with Crippen molar-refractivity contribution < 1.29 is 9.53 Å². The summed E-state index contributed by atoms with van der Waals surface area (Å²) >= 11 is 0. The van der Waals surface area contributed by atoms with Crippen molar-refractivity contribution in [2.24, 2.45) is 0 Å². The second-order valence-electron chi connectivity index (χ2n) is 5.44. The quantitative estimate of drug-likeness (QED) is 0.876. The van der Waals surface area contributed by atoms with E-state index < -0.39 is 0 Å². The SMILES string of the molecule is O=C(N[C@@H]1CC[C@@H]2CC[C@H]1N2)OCc1ccccc1. The number of nitrogens with one attached hydrogen (secondary N) is 2. The standard InChI is InChI=1S/C15H20N2O2/c18-15(19-10-11-4-2-1-3-5-11)17-14-9-7-12-6-8-13(14)16-12/h1-5,12-14,16H,6-10H2,(H,17,18)/t12-,13+,14+/m0/s1. The van der Waals surface area contributed by atoms with Crippen LogP contribution in [-0.2, 0) is 11.3 Å². The number of fused-ring (bicyclic) bond motifs is 2.